The summed E-state index contributed by atoms with van der Waals surface area (Å²) >= 11 is 2.31. The molecular weight excluding hydrogens is 347 g/mol. The van der Waals surface area contributed by atoms with Crippen LogP contribution in [0.15, 0.2) is 30.3 Å². The topological polar surface area (TPSA) is 25.8 Å². The first kappa shape index (κ1) is 14.2. The minimum Gasteiger partial charge on any atom is -0.237 e. The molecule has 0 aliphatic rings. The van der Waals surface area contributed by atoms with E-state index in [1.165, 1.54) is 5.56 Å². The number of aryl methyl sites for hydroxylation is 1. The van der Waals surface area contributed by atoms with Gasteiger partial charge in [0, 0.05) is 5.92 Å². The Labute approximate surface area is 128 Å². The van der Waals surface area contributed by atoms with E-state index in [4.69, 9.17) is 0 Å². The molecule has 0 amide bonds. The molecule has 0 N–H and O–H groups in total. The van der Waals surface area contributed by atoms with Gasteiger partial charge in [0.15, 0.2) is 0 Å². The molecular formula is C16H17IN2. The van der Waals surface area contributed by atoms with Crippen LogP contribution in [0.4, 0.5) is 0 Å². The predicted molar refractivity (Wildman–Crippen MR) is 88.9 cm³/mol. The van der Waals surface area contributed by atoms with Crippen LogP contribution in [-0.4, -0.2) is 9.97 Å². The maximum absolute atomic E-state index is 4.64. The molecule has 3 heteroatoms. The molecule has 0 spiro atoms. The highest BCUT2D eigenvalue weighted by Gasteiger charge is 2.09. The molecule has 0 saturated heterocycles. The Morgan fingerprint density at radius 2 is 1.74 bits per heavy atom. The second-order valence-electron chi connectivity index (χ2n) is 4.77. The van der Waals surface area contributed by atoms with Crippen LogP contribution in [-0.2, 0) is 0 Å². The second kappa shape index (κ2) is 6.28. The minimum absolute atomic E-state index is 0.347. The molecule has 0 fully saturated rings. The van der Waals surface area contributed by atoms with Gasteiger partial charge in [-0.3, -0.25) is 0 Å². The van der Waals surface area contributed by atoms with E-state index in [1.54, 1.807) is 0 Å². The Bertz CT molecular complexity index is 589. The summed E-state index contributed by atoms with van der Waals surface area (Å²) in [6, 6.07) is 10.3. The van der Waals surface area contributed by atoms with Crippen LogP contribution in [0.25, 0.3) is 12.2 Å². The molecule has 98 valence electrons. The average molecular weight is 364 g/mol. The van der Waals surface area contributed by atoms with Crippen LogP contribution in [0, 0.1) is 10.5 Å². The summed E-state index contributed by atoms with van der Waals surface area (Å²) in [6.07, 6.45) is 4.16. The summed E-state index contributed by atoms with van der Waals surface area (Å²) in [6.45, 7) is 6.27. The third-order valence-corrected chi connectivity index (χ3v) is 4.14. The summed E-state index contributed by atoms with van der Waals surface area (Å²) in [5.74, 6) is 1.25. The molecule has 0 aliphatic heterocycles. The van der Waals surface area contributed by atoms with Crippen LogP contribution >= 0.6 is 22.6 Å². The summed E-state index contributed by atoms with van der Waals surface area (Å²) in [5.41, 5.74) is 3.23. The van der Waals surface area contributed by atoms with Crippen molar-refractivity contribution in [3.05, 3.63) is 56.7 Å². The lowest BCUT2D eigenvalue weighted by Crippen LogP contribution is -2.04. The Morgan fingerprint density at radius 1 is 1.05 bits per heavy atom. The molecule has 0 radical (unpaired) electrons. The fourth-order valence-corrected chi connectivity index (χ4v) is 2.13. The van der Waals surface area contributed by atoms with Gasteiger partial charge < -0.3 is 0 Å². The predicted octanol–water partition coefficient (Wildman–Crippen LogP) is 4.68. The van der Waals surface area contributed by atoms with Gasteiger partial charge in [0.05, 0.1) is 15.0 Å². The van der Waals surface area contributed by atoms with Crippen LogP contribution in [0.1, 0.15) is 42.5 Å². The number of hydrogen-bond acceptors (Lipinski definition) is 2. The molecule has 0 aliphatic carbocycles. The summed E-state index contributed by atoms with van der Waals surface area (Å²) in [7, 11) is 0. The highest BCUT2D eigenvalue weighted by molar-refractivity contribution is 14.1. The normalized spacial score (nSPS) is 11.4. The maximum Gasteiger partial charge on any atom is 0.131 e. The van der Waals surface area contributed by atoms with Gasteiger partial charge in [-0.05, 0) is 41.2 Å². The number of hydrogen-bond donors (Lipinski definition) is 0. The number of aromatic nitrogens is 2. The van der Waals surface area contributed by atoms with Crippen molar-refractivity contribution in [1.82, 2.24) is 9.97 Å². The SMILES string of the molecule is Cc1nc(C(C)C)nc(/C=C/c2ccccc2)c1I. The largest absolute Gasteiger partial charge is 0.237 e. The van der Waals surface area contributed by atoms with Gasteiger partial charge in [0.2, 0.25) is 0 Å². The highest BCUT2D eigenvalue weighted by Crippen LogP contribution is 2.19. The van der Waals surface area contributed by atoms with Crippen molar-refractivity contribution in [3.8, 4) is 0 Å². The first-order valence-corrected chi connectivity index (χ1v) is 7.43. The van der Waals surface area contributed by atoms with Gasteiger partial charge in [-0.15, -0.1) is 0 Å². The Kier molecular flexibility index (Phi) is 4.69. The number of nitrogens with zero attached hydrogens (tertiary/aromatic N) is 2. The van der Waals surface area contributed by atoms with Gasteiger partial charge in [-0.2, -0.15) is 0 Å². The van der Waals surface area contributed by atoms with Gasteiger partial charge in [-0.1, -0.05) is 50.3 Å². The Balaban J connectivity index is 2.37. The lowest BCUT2D eigenvalue weighted by molar-refractivity contribution is 0.761. The number of benzene rings is 1. The summed E-state index contributed by atoms with van der Waals surface area (Å²) in [5, 5.41) is 0. The van der Waals surface area contributed by atoms with Crippen LogP contribution < -0.4 is 0 Å². The average Bonchev–Trinajstić information content (AvgIpc) is 2.41. The summed E-state index contributed by atoms with van der Waals surface area (Å²) in [4.78, 5) is 9.18. The number of rotatable bonds is 3. The van der Waals surface area contributed by atoms with Gasteiger partial charge in [0.1, 0.15) is 5.82 Å². The lowest BCUT2D eigenvalue weighted by atomic mass is 10.1. The highest BCUT2D eigenvalue weighted by atomic mass is 127. The second-order valence-corrected chi connectivity index (χ2v) is 5.84. The molecule has 1 aromatic heterocycles. The van der Waals surface area contributed by atoms with Crippen molar-refractivity contribution in [1.29, 1.82) is 0 Å². The first-order chi connectivity index (χ1) is 9.08. The lowest BCUT2D eigenvalue weighted by Gasteiger charge is -2.08. The van der Waals surface area contributed by atoms with E-state index in [2.05, 4.69) is 70.7 Å². The molecule has 2 aromatic rings. The Morgan fingerprint density at radius 3 is 2.37 bits per heavy atom. The zero-order chi connectivity index (χ0) is 13.8. The van der Waals surface area contributed by atoms with Crippen LogP contribution in [0.2, 0.25) is 0 Å². The fraction of sp³-hybridized carbons (Fsp3) is 0.250. The number of halogens is 1. The van der Waals surface area contributed by atoms with Crippen molar-refractivity contribution in [2.24, 2.45) is 0 Å². The standard InChI is InChI=1S/C16H17IN2/c1-11(2)16-18-12(3)15(17)14(19-16)10-9-13-7-5-4-6-8-13/h4-11H,1-3H3/b10-9+. The first-order valence-electron chi connectivity index (χ1n) is 6.35. The van der Waals surface area contributed by atoms with E-state index in [9.17, 15) is 0 Å². The molecule has 0 atom stereocenters. The van der Waals surface area contributed by atoms with Crippen LogP contribution in [0.5, 0.6) is 0 Å². The molecule has 1 heterocycles. The fourth-order valence-electron chi connectivity index (χ4n) is 1.71. The van der Waals surface area contributed by atoms with E-state index in [0.717, 1.165) is 20.8 Å². The monoisotopic (exact) mass is 364 g/mol. The van der Waals surface area contributed by atoms with Gasteiger partial charge >= 0.3 is 0 Å². The zero-order valence-corrected chi connectivity index (χ0v) is 13.5. The molecule has 0 saturated carbocycles. The van der Waals surface area contributed by atoms with Crippen molar-refractivity contribution in [2.75, 3.05) is 0 Å². The molecule has 1 aromatic carbocycles. The van der Waals surface area contributed by atoms with E-state index in [0.29, 0.717) is 5.92 Å². The third kappa shape index (κ3) is 3.62. The van der Waals surface area contributed by atoms with E-state index >= 15 is 0 Å². The molecule has 0 unspecified atom stereocenters. The van der Waals surface area contributed by atoms with E-state index in [-0.39, 0.29) is 0 Å². The maximum atomic E-state index is 4.64. The molecule has 2 rings (SSSR count). The molecule has 0 bridgehead atoms. The quantitative estimate of drug-likeness (QED) is 0.739. The van der Waals surface area contributed by atoms with E-state index < -0.39 is 0 Å². The van der Waals surface area contributed by atoms with Crippen molar-refractivity contribution >= 4 is 34.7 Å². The van der Waals surface area contributed by atoms with Crippen molar-refractivity contribution < 1.29 is 0 Å². The van der Waals surface area contributed by atoms with Gasteiger partial charge in [-0.25, -0.2) is 9.97 Å². The minimum atomic E-state index is 0.347. The van der Waals surface area contributed by atoms with Crippen molar-refractivity contribution in [3.63, 3.8) is 0 Å². The summed E-state index contributed by atoms with van der Waals surface area (Å²) < 4.78 is 1.12. The van der Waals surface area contributed by atoms with E-state index in [1.807, 2.05) is 25.1 Å². The third-order valence-electron chi connectivity index (χ3n) is 2.81. The Hall–Kier alpha value is -1.23. The van der Waals surface area contributed by atoms with Crippen molar-refractivity contribution in [2.45, 2.75) is 26.7 Å². The molecule has 2 nitrogen and oxygen atoms in total. The zero-order valence-electron chi connectivity index (χ0n) is 11.4. The van der Waals surface area contributed by atoms with Gasteiger partial charge in [0.25, 0.3) is 0 Å². The van der Waals surface area contributed by atoms with Crippen LogP contribution in [0.3, 0.4) is 0 Å². The molecule has 19 heavy (non-hydrogen) atoms. The smallest absolute Gasteiger partial charge is 0.131 e.